The lowest BCUT2D eigenvalue weighted by atomic mass is 9.82. The van der Waals surface area contributed by atoms with Gasteiger partial charge >= 0.3 is 0 Å². The standard InChI is InChI=1S/C18H25NO3S/c20-16(17(6-1-2-7-17)15-5-3-14-23-15)19-10-8-18(9-11-19)21-12-4-13-22-18/h3,5,14H,1-2,4,6-13H2. The molecule has 4 rings (SSSR count). The molecule has 5 heteroatoms. The molecule has 3 fully saturated rings. The highest BCUT2D eigenvalue weighted by atomic mass is 32.1. The van der Waals surface area contributed by atoms with Gasteiger partial charge in [-0.3, -0.25) is 4.79 Å². The summed E-state index contributed by atoms with van der Waals surface area (Å²) in [6, 6.07) is 4.22. The molecular weight excluding hydrogens is 310 g/mol. The van der Waals surface area contributed by atoms with Crippen LogP contribution in [0, 0.1) is 0 Å². The quantitative estimate of drug-likeness (QED) is 0.832. The Morgan fingerprint density at radius 2 is 1.74 bits per heavy atom. The number of amides is 1. The highest BCUT2D eigenvalue weighted by molar-refractivity contribution is 7.10. The molecule has 1 amide bonds. The van der Waals surface area contributed by atoms with Gasteiger partial charge in [-0.15, -0.1) is 11.3 Å². The van der Waals surface area contributed by atoms with Crippen molar-refractivity contribution in [3.63, 3.8) is 0 Å². The minimum absolute atomic E-state index is 0.257. The molecule has 1 saturated carbocycles. The Morgan fingerprint density at radius 1 is 1.04 bits per heavy atom. The first-order chi connectivity index (χ1) is 11.2. The summed E-state index contributed by atoms with van der Waals surface area (Å²) in [5.41, 5.74) is -0.257. The number of hydrogen-bond acceptors (Lipinski definition) is 4. The fraction of sp³-hybridized carbons (Fsp3) is 0.722. The minimum Gasteiger partial charge on any atom is -0.350 e. The molecule has 23 heavy (non-hydrogen) atoms. The summed E-state index contributed by atoms with van der Waals surface area (Å²) < 4.78 is 11.8. The summed E-state index contributed by atoms with van der Waals surface area (Å²) in [6.07, 6.45) is 6.91. The van der Waals surface area contributed by atoms with Crippen molar-refractivity contribution < 1.29 is 14.3 Å². The van der Waals surface area contributed by atoms with Gasteiger partial charge in [0, 0.05) is 30.8 Å². The van der Waals surface area contributed by atoms with Gasteiger partial charge < -0.3 is 14.4 Å². The van der Waals surface area contributed by atoms with Gasteiger partial charge in [0.25, 0.3) is 0 Å². The van der Waals surface area contributed by atoms with Gasteiger partial charge in [0.1, 0.15) is 0 Å². The third-order valence-corrected chi connectivity index (χ3v) is 6.76. The van der Waals surface area contributed by atoms with E-state index in [1.54, 1.807) is 11.3 Å². The maximum Gasteiger partial charge on any atom is 0.234 e. The lowest BCUT2D eigenvalue weighted by molar-refractivity contribution is -0.283. The minimum atomic E-state index is -0.416. The van der Waals surface area contributed by atoms with Gasteiger partial charge in [0.15, 0.2) is 5.79 Å². The maximum absolute atomic E-state index is 13.3. The molecule has 1 aliphatic carbocycles. The van der Waals surface area contributed by atoms with Gasteiger partial charge in [-0.2, -0.15) is 0 Å². The van der Waals surface area contributed by atoms with Gasteiger partial charge in [-0.1, -0.05) is 18.9 Å². The zero-order chi connectivity index (χ0) is 15.8. The van der Waals surface area contributed by atoms with E-state index in [0.717, 1.165) is 71.2 Å². The smallest absolute Gasteiger partial charge is 0.234 e. The lowest BCUT2D eigenvalue weighted by Gasteiger charge is -2.45. The fourth-order valence-corrected chi connectivity index (χ4v) is 5.33. The van der Waals surface area contributed by atoms with Crippen LogP contribution in [0.3, 0.4) is 0 Å². The SMILES string of the molecule is O=C(N1CCC2(CC1)OCCCO2)C1(c2cccs2)CCCC1. The topological polar surface area (TPSA) is 38.8 Å². The van der Waals surface area contributed by atoms with Crippen molar-refractivity contribution in [1.82, 2.24) is 4.90 Å². The Morgan fingerprint density at radius 3 is 2.35 bits per heavy atom. The van der Waals surface area contributed by atoms with Crippen LogP contribution >= 0.6 is 11.3 Å². The van der Waals surface area contributed by atoms with Crippen molar-refractivity contribution >= 4 is 17.2 Å². The van der Waals surface area contributed by atoms with Gasteiger partial charge in [-0.25, -0.2) is 0 Å². The first kappa shape index (κ1) is 15.6. The van der Waals surface area contributed by atoms with Crippen molar-refractivity contribution in [3.8, 4) is 0 Å². The Hall–Kier alpha value is -0.910. The molecule has 2 aliphatic heterocycles. The van der Waals surface area contributed by atoms with Crippen molar-refractivity contribution in [2.24, 2.45) is 0 Å². The average molecular weight is 335 g/mol. The van der Waals surface area contributed by atoms with E-state index in [1.807, 2.05) is 0 Å². The second kappa shape index (κ2) is 6.19. The van der Waals surface area contributed by atoms with E-state index in [4.69, 9.17) is 9.47 Å². The number of ether oxygens (including phenoxy) is 2. The highest BCUT2D eigenvalue weighted by Gasteiger charge is 2.48. The van der Waals surface area contributed by atoms with E-state index in [-0.39, 0.29) is 5.41 Å². The summed E-state index contributed by atoms with van der Waals surface area (Å²) >= 11 is 1.74. The van der Waals surface area contributed by atoms with Crippen molar-refractivity contribution in [2.45, 2.75) is 56.1 Å². The van der Waals surface area contributed by atoms with Gasteiger partial charge in [-0.05, 0) is 30.7 Å². The summed E-state index contributed by atoms with van der Waals surface area (Å²) in [4.78, 5) is 16.7. The summed E-state index contributed by atoms with van der Waals surface area (Å²) in [5, 5.41) is 2.09. The normalized spacial score (nSPS) is 26.5. The fourth-order valence-electron chi connectivity index (χ4n) is 4.35. The van der Waals surface area contributed by atoms with E-state index < -0.39 is 5.79 Å². The van der Waals surface area contributed by atoms with Crippen LogP contribution in [0.4, 0.5) is 0 Å². The molecule has 0 aromatic carbocycles. The molecule has 2 saturated heterocycles. The van der Waals surface area contributed by atoms with Crippen LogP contribution in [0.15, 0.2) is 17.5 Å². The number of likely N-dealkylation sites (tertiary alicyclic amines) is 1. The largest absolute Gasteiger partial charge is 0.350 e. The number of nitrogens with zero attached hydrogens (tertiary/aromatic N) is 1. The molecular formula is C18H25NO3S. The molecule has 0 unspecified atom stereocenters. The molecule has 1 aromatic rings. The molecule has 126 valence electrons. The third kappa shape index (κ3) is 2.73. The van der Waals surface area contributed by atoms with Crippen LogP contribution in [0.2, 0.25) is 0 Å². The monoisotopic (exact) mass is 335 g/mol. The summed E-state index contributed by atoms with van der Waals surface area (Å²) in [5.74, 6) is -0.0797. The maximum atomic E-state index is 13.3. The third-order valence-electron chi connectivity index (χ3n) is 5.69. The average Bonchev–Trinajstić information content (AvgIpc) is 3.28. The van der Waals surface area contributed by atoms with Crippen LogP contribution in [-0.2, 0) is 19.7 Å². The number of carbonyl (C=O) groups is 1. The number of thiophene rings is 1. The summed E-state index contributed by atoms with van der Waals surface area (Å²) in [7, 11) is 0. The van der Waals surface area contributed by atoms with E-state index >= 15 is 0 Å². The lowest BCUT2D eigenvalue weighted by Crippen LogP contribution is -2.54. The molecule has 0 radical (unpaired) electrons. The predicted octanol–water partition coefficient (Wildman–Crippen LogP) is 3.32. The second-order valence-electron chi connectivity index (χ2n) is 7.02. The van der Waals surface area contributed by atoms with Crippen LogP contribution in [0.1, 0.15) is 49.8 Å². The van der Waals surface area contributed by atoms with Crippen LogP contribution in [0.25, 0.3) is 0 Å². The molecule has 1 spiro atoms. The van der Waals surface area contributed by atoms with E-state index in [2.05, 4.69) is 22.4 Å². The van der Waals surface area contributed by atoms with Crippen LogP contribution in [-0.4, -0.2) is 42.9 Å². The predicted molar refractivity (Wildman–Crippen MR) is 89.5 cm³/mol. The molecule has 1 aromatic heterocycles. The Kier molecular flexibility index (Phi) is 4.20. The highest BCUT2D eigenvalue weighted by Crippen LogP contribution is 2.45. The zero-order valence-corrected chi connectivity index (χ0v) is 14.4. The van der Waals surface area contributed by atoms with Crippen molar-refractivity contribution in [1.29, 1.82) is 0 Å². The molecule has 0 bridgehead atoms. The first-order valence-electron chi connectivity index (χ1n) is 8.86. The Labute approximate surface area is 141 Å². The van der Waals surface area contributed by atoms with Crippen LogP contribution in [0.5, 0.6) is 0 Å². The van der Waals surface area contributed by atoms with Crippen molar-refractivity contribution in [2.75, 3.05) is 26.3 Å². The molecule has 3 heterocycles. The summed E-state index contributed by atoms with van der Waals surface area (Å²) in [6.45, 7) is 3.08. The van der Waals surface area contributed by atoms with Gasteiger partial charge in [0.05, 0.1) is 18.6 Å². The zero-order valence-electron chi connectivity index (χ0n) is 13.6. The molecule has 0 N–H and O–H groups in total. The molecule has 3 aliphatic rings. The number of hydrogen-bond donors (Lipinski definition) is 0. The van der Waals surface area contributed by atoms with Crippen molar-refractivity contribution in [3.05, 3.63) is 22.4 Å². The number of piperidine rings is 1. The molecule has 0 atom stereocenters. The molecule has 4 nitrogen and oxygen atoms in total. The van der Waals surface area contributed by atoms with Crippen LogP contribution < -0.4 is 0 Å². The Bertz CT molecular complexity index is 535. The Balaban J connectivity index is 1.49. The first-order valence-corrected chi connectivity index (χ1v) is 9.73. The van der Waals surface area contributed by atoms with E-state index in [1.165, 1.54) is 4.88 Å². The van der Waals surface area contributed by atoms with Gasteiger partial charge in [0.2, 0.25) is 5.91 Å². The number of rotatable bonds is 2. The number of carbonyl (C=O) groups excluding carboxylic acids is 1. The second-order valence-corrected chi connectivity index (χ2v) is 7.97. The van der Waals surface area contributed by atoms with E-state index in [0.29, 0.717) is 5.91 Å². The van der Waals surface area contributed by atoms with E-state index in [9.17, 15) is 4.79 Å².